The van der Waals surface area contributed by atoms with Gasteiger partial charge in [0, 0.05) is 49.4 Å². The van der Waals surface area contributed by atoms with Gasteiger partial charge in [0.05, 0.1) is 18.9 Å². The summed E-state index contributed by atoms with van der Waals surface area (Å²) in [4.78, 5) is 29.9. The van der Waals surface area contributed by atoms with Crippen LogP contribution in [0.3, 0.4) is 0 Å². The van der Waals surface area contributed by atoms with Gasteiger partial charge in [0.2, 0.25) is 15.9 Å². The first-order valence-electron chi connectivity index (χ1n) is 12.2. The van der Waals surface area contributed by atoms with Crippen LogP contribution in [0.25, 0.3) is 0 Å². The predicted octanol–water partition coefficient (Wildman–Crippen LogP) is 3.52. The monoisotopic (exact) mass is 597 g/mol. The largest absolute Gasteiger partial charge is 0.383 e. The van der Waals surface area contributed by atoms with E-state index in [1.54, 1.807) is 34.1 Å². The van der Waals surface area contributed by atoms with Crippen molar-refractivity contribution in [3.8, 4) is 0 Å². The maximum atomic E-state index is 13.9. The third-order valence-corrected chi connectivity index (χ3v) is 8.82. The second-order valence-corrected chi connectivity index (χ2v) is 12.1. The fraction of sp³-hybridized carbons (Fsp3) is 0.462. The molecule has 0 N–H and O–H groups in total. The Morgan fingerprint density at radius 1 is 1.14 bits per heavy atom. The van der Waals surface area contributed by atoms with Gasteiger partial charge >= 0.3 is 0 Å². The second-order valence-electron chi connectivity index (χ2n) is 8.91. The molecule has 0 unspecified atom stereocenters. The van der Waals surface area contributed by atoms with Gasteiger partial charge in [-0.2, -0.15) is 4.31 Å². The van der Waals surface area contributed by atoms with Crippen molar-refractivity contribution in [3.63, 3.8) is 0 Å². The Hall–Kier alpha value is -2.34. The Bertz CT molecular complexity index is 1170. The molecule has 1 aliphatic heterocycles. The summed E-state index contributed by atoms with van der Waals surface area (Å²) in [6, 6.07) is 13.0. The molecule has 1 heterocycles. The summed E-state index contributed by atoms with van der Waals surface area (Å²) < 4.78 is 46.2. The number of likely N-dealkylation sites (tertiary alicyclic amines) is 1. The number of ether oxygens (including phenoxy) is 1. The number of rotatable bonds is 11. The smallest absolute Gasteiger partial charge is 0.253 e. The molecule has 11 heteroatoms. The molecular formula is C26H33BrFN3O5S. The maximum absolute atomic E-state index is 13.9. The molecule has 0 radical (unpaired) electrons. The summed E-state index contributed by atoms with van der Waals surface area (Å²) >= 11 is 3.37. The van der Waals surface area contributed by atoms with Crippen LogP contribution in [-0.2, 0) is 26.1 Å². The average molecular weight is 599 g/mol. The lowest BCUT2D eigenvalue weighted by Gasteiger charge is -2.39. The van der Waals surface area contributed by atoms with Gasteiger partial charge in [-0.3, -0.25) is 9.59 Å². The molecule has 3 rings (SSSR count). The Morgan fingerprint density at radius 3 is 2.41 bits per heavy atom. The summed E-state index contributed by atoms with van der Waals surface area (Å²) in [6.45, 7) is 2.47. The molecule has 2 amide bonds. The molecule has 37 heavy (non-hydrogen) atoms. The van der Waals surface area contributed by atoms with Crippen molar-refractivity contribution in [3.05, 3.63) is 69.9 Å². The number of amides is 2. The Balaban J connectivity index is 1.77. The van der Waals surface area contributed by atoms with E-state index in [0.29, 0.717) is 37.1 Å². The van der Waals surface area contributed by atoms with E-state index >= 15 is 0 Å². The summed E-state index contributed by atoms with van der Waals surface area (Å²) in [5.74, 6) is -0.983. The fourth-order valence-corrected chi connectivity index (χ4v) is 5.63. The summed E-state index contributed by atoms with van der Waals surface area (Å²) in [5.41, 5.74) is 1.21. The van der Waals surface area contributed by atoms with E-state index in [1.807, 2.05) is 12.1 Å². The van der Waals surface area contributed by atoms with Crippen molar-refractivity contribution >= 4 is 37.8 Å². The molecule has 8 nitrogen and oxygen atoms in total. The highest BCUT2D eigenvalue weighted by Gasteiger charge is 2.32. The number of halogens is 2. The number of carbonyl (C=O) groups is 2. The quantitative estimate of drug-likeness (QED) is 0.395. The summed E-state index contributed by atoms with van der Waals surface area (Å²) in [7, 11) is -2.17. The molecule has 0 aliphatic carbocycles. The fourth-order valence-electron chi connectivity index (χ4n) is 4.34. The van der Waals surface area contributed by atoms with Crippen LogP contribution in [-0.4, -0.2) is 86.0 Å². The van der Waals surface area contributed by atoms with E-state index in [0.717, 1.165) is 8.78 Å². The molecule has 1 fully saturated rings. The van der Waals surface area contributed by atoms with Crippen molar-refractivity contribution < 1.29 is 27.1 Å². The summed E-state index contributed by atoms with van der Waals surface area (Å²) in [6.07, 6.45) is 1.06. The lowest BCUT2D eigenvalue weighted by atomic mass is 10.0. The van der Waals surface area contributed by atoms with Gasteiger partial charge in [0.15, 0.2) is 0 Å². The van der Waals surface area contributed by atoms with Gasteiger partial charge in [-0.15, -0.1) is 0 Å². The first-order valence-corrected chi connectivity index (χ1v) is 14.6. The number of methoxy groups -OCH3 is 1. The molecule has 2 aromatic carbocycles. The SMILES string of the molecule is CCS(=O)(=O)N(CCOC)CC(=O)N(Cc1cccc(F)c1)C1CCN(C(=O)c2ccc(Br)cc2)CC1. The number of carbonyl (C=O) groups excluding carboxylic acids is 2. The highest BCUT2D eigenvalue weighted by atomic mass is 79.9. The van der Waals surface area contributed by atoms with Crippen molar-refractivity contribution in [1.82, 2.24) is 14.1 Å². The average Bonchev–Trinajstić information content (AvgIpc) is 2.89. The van der Waals surface area contributed by atoms with E-state index in [4.69, 9.17) is 4.74 Å². The number of hydrogen-bond donors (Lipinski definition) is 0. The van der Waals surface area contributed by atoms with Gasteiger partial charge in [0.25, 0.3) is 5.91 Å². The van der Waals surface area contributed by atoms with Crippen molar-refractivity contribution in [1.29, 1.82) is 0 Å². The number of benzene rings is 2. The maximum Gasteiger partial charge on any atom is 0.253 e. The van der Waals surface area contributed by atoms with Crippen molar-refractivity contribution in [2.24, 2.45) is 0 Å². The first kappa shape index (κ1) is 29.2. The van der Waals surface area contributed by atoms with Gasteiger partial charge in [-0.1, -0.05) is 28.1 Å². The predicted molar refractivity (Wildman–Crippen MR) is 143 cm³/mol. The molecule has 1 aliphatic rings. The molecule has 0 bridgehead atoms. The molecule has 2 aromatic rings. The zero-order chi connectivity index (χ0) is 27.0. The zero-order valence-corrected chi connectivity index (χ0v) is 23.5. The van der Waals surface area contributed by atoms with Gasteiger partial charge in [0.1, 0.15) is 5.82 Å². The molecule has 0 atom stereocenters. The molecule has 0 saturated carbocycles. The van der Waals surface area contributed by atoms with Crippen molar-refractivity contribution in [2.45, 2.75) is 32.4 Å². The third kappa shape index (κ3) is 8.07. The first-order chi connectivity index (χ1) is 17.6. The Kier molecular flexibility index (Phi) is 10.6. The molecule has 202 valence electrons. The van der Waals surface area contributed by atoms with Gasteiger partial charge < -0.3 is 14.5 Å². The van der Waals surface area contributed by atoms with Crippen LogP contribution in [0.2, 0.25) is 0 Å². The minimum Gasteiger partial charge on any atom is -0.383 e. The van der Waals surface area contributed by atoms with E-state index in [2.05, 4.69) is 15.9 Å². The number of hydrogen-bond acceptors (Lipinski definition) is 5. The standard InChI is InChI=1S/C26H33BrFN3O5S/c1-3-37(34,35)30(15-16-36-2)19-25(32)31(18-20-5-4-6-23(28)17-20)24-11-13-29(14-12-24)26(33)21-7-9-22(27)10-8-21/h4-10,17,24H,3,11-16,18-19H2,1-2H3. The van der Waals surface area contributed by atoms with E-state index in [-0.39, 0.29) is 49.9 Å². The third-order valence-electron chi connectivity index (χ3n) is 6.46. The number of piperidine rings is 1. The second kappa shape index (κ2) is 13.5. The van der Waals surface area contributed by atoms with Gasteiger partial charge in [-0.25, -0.2) is 12.8 Å². The van der Waals surface area contributed by atoms with Crippen LogP contribution < -0.4 is 0 Å². The normalized spacial score (nSPS) is 14.7. The zero-order valence-electron chi connectivity index (χ0n) is 21.1. The van der Waals surface area contributed by atoms with E-state index < -0.39 is 15.8 Å². The minimum atomic E-state index is -3.64. The van der Waals surface area contributed by atoms with E-state index in [1.165, 1.54) is 26.2 Å². The summed E-state index contributed by atoms with van der Waals surface area (Å²) in [5, 5.41) is 0. The highest BCUT2D eigenvalue weighted by Crippen LogP contribution is 2.22. The van der Waals surface area contributed by atoms with Crippen LogP contribution in [0.15, 0.2) is 53.0 Å². The van der Waals surface area contributed by atoms with Crippen LogP contribution in [0, 0.1) is 5.82 Å². The molecule has 0 spiro atoms. The lowest BCUT2D eigenvalue weighted by molar-refractivity contribution is -0.135. The van der Waals surface area contributed by atoms with Crippen molar-refractivity contribution in [2.75, 3.05) is 45.6 Å². The lowest BCUT2D eigenvalue weighted by Crippen LogP contribution is -2.51. The van der Waals surface area contributed by atoms with Crippen LogP contribution in [0.5, 0.6) is 0 Å². The number of nitrogens with zero attached hydrogens (tertiary/aromatic N) is 3. The van der Waals surface area contributed by atoms with E-state index in [9.17, 15) is 22.4 Å². The van der Waals surface area contributed by atoms with Crippen LogP contribution in [0.1, 0.15) is 35.7 Å². The highest BCUT2D eigenvalue weighted by molar-refractivity contribution is 9.10. The molecule has 1 saturated heterocycles. The minimum absolute atomic E-state index is 0.0619. The van der Waals surface area contributed by atoms with Gasteiger partial charge in [-0.05, 0) is 61.7 Å². The van der Waals surface area contributed by atoms with Crippen LogP contribution >= 0.6 is 15.9 Å². The number of sulfonamides is 1. The molecular weight excluding hydrogens is 565 g/mol. The Morgan fingerprint density at radius 2 is 1.81 bits per heavy atom. The topological polar surface area (TPSA) is 87.2 Å². The van der Waals surface area contributed by atoms with Crippen LogP contribution in [0.4, 0.5) is 4.39 Å². The Labute approximate surface area is 226 Å². The molecule has 0 aromatic heterocycles.